The molecule has 0 amide bonds. The molecule has 1 aromatic rings. The number of rotatable bonds is 5. The summed E-state index contributed by atoms with van der Waals surface area (Å²) in [4.78, 5) is 0. The number of nitrogens with zero attached hydrogens (tertiary/aromatic N) is 1. The van der Waals surface area contributed by atoms with Crippen molar-refractivity contribution in [1.82, 2.24) is 5.32 Å². The third-order valence-electron chi connectivity index (χ3n) is 2.56. The molecule has 0 fully saturated rings. The molecule has 1 N–H and O–H groups in total. The molecule has 2 nitrogen and oxygen atoms in total. The Morgan fingerprint density at radius 1 is 1.38 bits per heavy atom. The van der Waals surface area contributed by atoms with Gasteiger partial charge in [-0.2, -0.15) is 5.26 Å². The lowest BCUT2D eigenvalue weighted by atomic mass is 9.94. The summed E-state index contributed by atoms with van der Waals surface area (Å²) < 4.78 is 0. The van der Waals surface area contributed by atoms with Crippen LogP contribution in [0, 0.1) is 23.7 Å². The van der Waals surface area contributed by atoms with Crippen molar-refractivity contribution >= 4 is 0 Å². The summed E-state index contributed by atoms with van der Waals surface area (Å²) in [5.74, 6) is 2.84. The van der Waals surface area contributed by atoms with E-state index < -0.39 is 0 Å². The molecule has 0 heterocycles. The van der Waals surface area contributed by atoms with Crippen molar-refractivity contribution in [3.05, 3.63) is 35.9 Å². The van der Waals surface area contributed by atoms with E-state index in [0.29, 0.717) is 12.5 Å². The lowest BCUT2D eigenvalue weighted by Gasteiger charge is -2.15. The highest BCUT2D eigenvalue weighted by atomic mass is 14.9. The summed E-state index contributed by atoms with van der Waals surface area (Å²) in [6, 6.07) is 12.2. The summed E-state index contributed by atoms with van der Waals surface area (Å²) in [6.45, 7) is 2.57. The van der Waals surface area contributed by atoms with Gasteiger partial charge in [0, 0.05) is 0 Å². The molecule has 0 radical (unpaired) electrons. The Labute approximate surface area is 97.3 Å². The predicted molar refractivity (Wildman–Crippen MR) is 65.7 cm³/mol. The normalized spacial score (nSPS) is 13.4. The molecule has 2 heteroatoms. The van der Waals surface area contributed by atoms with Crippen molar-refractivity contribution in [2.24, 2.45) is 0 Å². The molecule has 0 aliphatic rings. The van der Waals surface area contributed by atoms with Gasteiger partial charge in [0.1, 0.15) is 0 Å². The first-order chi connectivity index (χ1) is 7.77. The van der Waals surface area contributed by atoms with Gasteiger partial charge in [-0.25, -0.2) is 0 Å². The second kappa shape index (κ2) is 6.67. The average Bonchev–Trinajstić information content (AvgIpc) is 2.35. The molecule has 0 aromatic heterocycles. The Balaban J connectivity index is 2.54. The number of benzene rings is 1. The van der Waals surface area contributed by atoms with Gasteiger partial charge in [0.05, 0.1) is 18.7 Å². The van der Waals surface area contributed by atoms with Gasteiger partial charge in [0.25, 0.3) is 0 Å². The molecule has 82 valence electrons. The molecule has 1 rings (SSSR count). The van der Waals surface area contributed by atoms with Gasteiger partial charge in [-0.3, -0.25) is 5.32 Å². The molecule has 1 aromatic carbocycles. The quantitative estimate of drug-likeness (QED) is 0.760. The van der Waals surface area contributed by atoms with Crippen LogP contribution in [-0.2, 0) is 0 Å². The summed E-state index contributed by atoms with van der Waals surface area (Å²) in [6.07, 6.45) is 5.93. The predicted octanol–water partition coefficient (Wildman–Crippen LogP) is 2.30. The van der Waals surface area contributed by atoms with Gasteiger partial charge in [0.2, 0.25) is 0 Å². The monoisotopic (exact) mass is 212 g/mol. The fraction of sp³-hybridized carbons (Fsp3) is 0.357. The minimum absolute atomic E-state index is 0.175. The molecule has 2 unspecified atom stereocenters. The second-order valence-corrected chi connectivity index (χ2v) is 3.81. The van der Waals surface area contributed by atoms with Gasteiger partial charge in [-0.05, 0) is 17.9 Å². The minimum Gasteiger partial charge on any atom is -0.291 e. The lowest BCUT2D eigenvalue weighted by molar-refractivity contribution is 0.548. The number of terminal acetylenes is 1. The zero-order valence-corrected chi connectivity index (χ0v) is 9.48. The van der Waals surface area contributed by atoms with E-state index >= 15 is 0 Å². The van der Waals surface area contributed by atoms with E-state index in [1.165, 1.54) is 5.56 Å². The maximum atomic E-state index is 8.97. The first-order valence-electron chi connectivity index (χ1n) is 5.39. The van der Waals surface area contributed by atoms with Crippen LogP contribution in [0.4, 0.5) is 0 Å². The van der Waals surface area contributed by atoms with E-state index in [1.54, 1.807) is 0 Å². The Bertz CT molecular complexity index is 383. The van der Waals surface area contributed by atoms with Gasteiger partial charge < -0.3 is 0 Å². The summed E-state index contributed by atoms with van der Waals surface area (Å²) in [5, 5.41) is 12.0. The van der Waals surface area contributed by atoms with Crippen LogP contribution in [0.15, 0.2) is 30.3 Å². The molecule has 2 atom stereocenters. The molecular formula is C14H16N2. The largest absolute Gasteiger partial charge is 0.291 e. The highest BCUT2D eigenvalue weighted by Gasteiger charge is 2.12. The third kappa shape index (κ3) is 3.77. The maximum Gasteiger partial charge on any atom is 0.0966 e. The molecular weight excluding hydrogens is 196 g/mol. The minimum atomic E-state index is -0.175. The van der Waals surface area contributed by atoms with Gasteiger partial charge >= 0.3 is 0 Å². The van der Waals surface area contributed by atoms with Crippen molar-refractivity contribution in [3.63, 3.8) is 0 Å². The average molecular weight is 212 g/mol. The fourth-order valence-electron chi connectivity index (χ4n) is 1.64. The van der Waals surface area contributed by atoms with E-state index in [1.807, 2.05) is 18.2 Å². The topological polar surface area (TPSA) is 35.8 Å². The van der Waals surface area contributed by atoms with Crippen molar-refractivity contribution in [1.29, 1.82) is 5.26 Å². The van der Waals surface area contributed by atoms with Crippen molar-refractivity contribution in [2.75, 3.05) is 6.54 Å². The highest BCUT2D eigenvalue weighted by molar-refractivity contribution is 5.19. The zero-order chi connectivity index (χ0) is 11.8. The second-order valence-electron chi connectivity index (χ2n) is 3.81. The standard InChI is InChI=1S/C14H16N2/c1-3-9-16-14(11-15)10-12(2)13-7-5-4-6-8-13/h1,4-8,12,14,16H,9-10H2,2H3. The van der Waals surface area contributed by atoms with Crippen LogP contribution in [-0.4, -0.2) is 12.6 Å². The third-order valence-corrected chi connectivity index (χ3v) is 2.56. The number of nitrogens with one attached hydrogen (secondary N) is 1. The smallest absolute Gasteiger partial charge is 0.0966 e. The summed E-state index contributed by atoms with van der Waals surface area (Å²) >= 11 is 0. The molecule has 0 saturated carbocycles. The fourth-order valence-corrected chi connectivity index (χ4v) is 1.64. The van der Waals surface area contributed by atoms with Gasteiger partial charge in [-0.1, -0.05) is 43.2 Å². The molecule has 0 bridgehead atoms. The van der Waals surface area contributed by atoms with Crippen molar-refractivity contribution in [3.8, 4) is 18.4 Å². The molecule has 16 heavy (non-hydrogen) atoms. The van der Waals surface area contributed by atoms with E-state index in [4.69, 9.17) is 11.7 Å². The number of hydrogen-bond acceptors (Lipinski definition) is 2. The molecule has 0 aliphatic carbocycles. The first-order valence-corrected chi connectivity index (χ1v) is 5.39. The summed E-state index contributed by atoms with van der Waals surface area (Å²) in [7, 11) is 0. The van der Waals surface area contributed by atoms with Crippen LogP contribution in [0.25, 0.3) is 0 Å². The highest BCUT2D eigenvalue weighted by Crippen LogP contribution is 2.19. The van der Waals surface area contributed by atoms with Crippen LogP contribution < -0.4 is 5.32 Å². The molecule has 0 spiro atoms. The maximum absolute atomic E-state index is 8.97. The van der Waals surface area contributed by atoms with E-state index in [9.17, 15) is 0 Å². The van der Waals surface area contributed by atoms with Crippen LogP contribution >= 0.6 is 0 Å². The number of hydrogen-bond donors (Lipinski definition) is 1. The van der Waals surface area contributed by atoms with Crippen LogP contribution in [0.3, 0.4) is 0 Å². The lowest BCUT2D eigenvalue weighted by Crippen LogP contribution is -2.29. The molecule has 0 saturated heterocycles. The zero-order valence-electron chi connectivity index (χ0n) is 9.48. The van der Waals surface area contributed by atoms with E-state index in [0.717, 1.165) is 6.42 Å². The Morgan fingerprint density at radius 3 is 2.62 bits per heavy atom. The Kier molecular flexibility index (Phi) is 5.12. The number of nitriles is 1. The van der Waals surface area contributed by atoms with Crippen LogP contribution in [0.2, 0.25) is 0 Å². The Hall–Kier alpha value is -1.77. The SMILES string of the molecule is C#CCNC(C#N)CC(C)c1ccccc1. The first kappa shape index (κ1) is 12.3. The van der Waals surface area contributed by atoms with Crippen LogP contribution in [0.5, 0.6) is 0 Å². The Morgan fingerprint density at radius 2 is 2.06 bits per heavy atom. The molecule has 0 aliphatic heterocycles. The van der Waals surface area contributed by atoms with E-state index in [-0.39, 0.29) is 6.04 Å². The van der Waals surface area contributed by atoms with Gasteiger partial charge in [-0.15, -0.1) is 6.42 Å². The van der Waals surface area contributed by atoms with E-state index in [2.05, 4.69) is 36.4 Å². The van der Waals surface area contributed by atoms with Crippen molar-refractivity contribution < 1.29 is 0 Å². The van der Waals surface area contributed by atoms with Crippen LogP contribution in [0.1, 0.15) is 24.8 Å². The summed E-state index contributed by atoms with van der Waals surface area (Å²) in [5.41, 5.74) is 1.25. The van der Waals surface area contributed by atoms with Crippen molar-refractivity contribution in [2.45, 2.75) is 25.3 Å². The van der Waals surface area contributed by atoms with Gasteiger partial charge in [0.15, 0.2) is 0 Å².